The zero-order chi connectivity index (χ0) is 19.3. The van der Waals surface area contributed by atoms with Gasteiger partial charge < -0.3 is 15.5 Å². The number of hydrogen-bond donors (Lipinski definition) is 3. The molecule has 144 valence electrons. The van der Waals surface area contributed by atoms with Crippen molar-refractivity contribution in [3.63, 3.8) is 0 Å². The second-order valence-corrected chi connectivity index (χ2v) is 8.20. The Bertz CT molecular complexity index is 864. The molecule has 4 N–H and O–H groups in total. The van der Waals surface area contributed by atoms with E-state index in [0.717, 1.165) is 25.2 Å². The van der Waals surface area contributed by atoms with Crippen molar-refractivity contribution in [2.45, 2.75) is 23.8 Å². The normalized spacial score (nSPS) is 16.0. The van der Waals surface area contributed by atoms with Crippen LogP contribution < -0.4 is 15.8 Å². The number of carbonyl (C=O) groups excluding carboxylic acids is 1. The van der Waals surface area contributed by atoms with Gasteiger partial charge in [-0.25, -0.2) is 18.4 Å². The minimum Gasteiger partial charge on any atom is -0.330 e. The Morgan fingerprint density at radius 3 is 2.26 bits per heavy atom. The van der Waals surface area contributed by atoms with E-state index >= 15 is 0 Å². The summed E-state index contributed by atoms with van der Waals surface area (Å²) in [5, 5.41) is 10.8. The van der Waals surface area contributed by atoms with E-state index in [9.17, 15) is 13.2 Å². The molecule has 8 heteroatoms. The summed E-state index contributed by atoms with van der Waals surface area (Å²) in [6.45, 7) is 2.84. The third-order valence-electron chi connectivity index (χ3n) is 4.59. The number of hydrogen-bond acceptors (Lipinski definition) is 4. The van der Waals surface area contributed by atoms with E-state index in [1.54, 1.807) is 0 Å². The molecule has 1 saturated heterocycles. The Morgan fingerprint density at radius 2 is 1.67 bits per heavy atom. The molecule has 7 nitrogen and oxygen atoms in total. The molecular formula is C19H24N4O3S. The van der Waals surface area contributed by atoms with E-state index in [1.165, 1.54) is 37.1 Å². The highest BCUT2D eigenvalue weighted by atomic mass is 32.2. The second kappa shape index (κ2) is 8.51. The van der Waals surface area contributed by atoms with Crippen LogP contribution in [0.25, 0.3) is 0 Å². The maximum absolute atomic E-state index is 12.5. The van der Waals surface area contributed by atoms with E-state index in [-0.39, 0.29) is 17.0 Å². The van der Waals surface area contributed by atoms with Crippen LogP contribution >= 0.6 is 0 Å². The number of amides is 2. The highest BCUT2D eigenvalue weighted by molar-refractivity contribution is 7.89. The molecule has 1 unspecified atom stereocenters. The summed E-state index contributed by atoms with van der Waals surface area (Å²) < 4.78 is 22.6. The van der Waals surface area contributed by atoms with Gasteiger partial charge in [-0.3, -0.25) is 0 Å². The number of anilines is 1. The molecule has 1 aliphatic heterocycles. The number of sulfonamides is 1. The van der Waals surface area contributed by atoms with Gasteiger partial charge in [-0.05, 0) is 55.8 Å². The smallest absolute Gasteiger partial charge is 0.319 e. The Morgan fingerprint density at radius 1 is 1.04 bits per heavy atom. The summed E-state index contributed by atoms with van der Waals surface area (Å²) in [5.41, 5.74) is 1.54. The Kier molecular flexibility index (Phi) is 6.10. The van der Waals surface area contributed by atoms with E-state index in [2.05, 4.69) is 15.5 Å². The van der Waals surface area contributed by atoms with Crippen molar-refractivity contribution in [1.29, 1.82) is 0 Å². The van der Waals surface area contributed by atoms with E-state index in [4.69, 9.17) is 5.14 Å². The largest absolute Gasteiger partial charge is 0.330 e. The second-order valence-electron chi connectivity index (χ2n) is 6.64. The molecular weight excluding hydrogens is 364 g/mol. The molecule has 0 bridgehead atoms. The van der Waals surface area contributed by atoms with Crippen molar-refractivity contribution in [2.75, 3.05) is 25.0 Å². The van der Waals surface area contributed by atoms with E-state index < -0.39 is 10.0 Å². The number of benzene rings is 2. The van der Waals surface area contributed by atoms with Gasteiger partial charge in [0.05, 0.1) is 10.9 Å². The Balaban J connectivity index is 1.66. The number of nitrogens with one attached hydrogen (secondary N) is 2. The summed E-state index contributed by atoms with van der Waals surface area (Å²) in [6.07, 6.45) is 2.37. The summed E-state index contributed by atoms with van der Waals surface area (Å²) in [6, 6.07) is 15.1. The predicted octanol–water partition coefficient (Wildman–Crippen LogP) is 2.29. The molecule has 0 radical (unpaired) electrons. The van der Waals surface area contributed by atoms with Crippen LogP contribution in [0.4, 0.5) is 10.5 Å². The van der Waals surface area contributed by atoms with Crippen LogP contribution in [0.15, 0.2) is 59.5 Å². The van der Waals surface area contributed by atoms with Crippen LogP contribution in [0.3, 0.4) is 0 Å². The van der Waals surface area contributed by atoms with Gasteiger partial charge in [0.15, 0.2) is 0 Å². The molecule has 1 fully saturated rings. The third-order valence-corrected chi connectivity index (χ3v) is 5.52. The number of urea groups is 1. The van der Waals surface area contributed by atoms with Crippen LogP contribution in [0.5, 0.6) is 0 Å². The van der Waals surface area contributed by atoms with Crippen molar-refractivity contribution in [2.24, 2.45) is 5.14 Å². The number of likely N-dealkylation sites (tertiary alicyclic amines) is 1. The van der Waals surface area contributed by atoms with Gasteiger partial charge in [0.1, 0.15) is 0 Å². The molecule has 2 amide bonds. The van der Waals surface area contributed by atoms with Crippen LogP contribution in [-0.2, 0) is 10.0 Å². The van der Waals surface area contributed by atoms with Crippen LogP contribution in [0, 0.1) is 0 Å². The zero-order valence-electron chi connectivity index (χ0n) is 15.0. The maximum atomic E-state index is 12.5. The van der Waals surface area contributed by atoms with Crippen molar-refractivity contribution >= 4 is 21.7 Å². The highest BCUT2D eigenvalue weighted by Crippen LogP contribution is 2.18. The average molecular weight is 388 g/mol. The molecule has 3 rings (SSSR count). The summed E-state index contributed by atoms with van der Waals surface area (Å²) in [7, 11) is -3.75. The fourth-order valence-corrected chi connectivity index (χ4v) is 3.71. The van der Waals surface area contributed by atoms with Crippen LogP contribution in [0.1, 0.15) is 24.4 Å². The first kappa shape index (κ1) is 19.3. The molecule has 0 aliphatic carbocycles. The van der Waals surface area contributed by atoms with Gasteiger partial charge >= 0.3 is 6.03 Å². The molecule has 1 heterocycles. The van der Waals surface area contributed by atoms with Gasteiger partial charge in [-0.1, -0.05) is 30.3 Å². The van der Waals surface area contributed by atoms with Crippen molar-refractivity contribution < 1.29 is 13.2 Å². The summed E-state index contributed by atoms with van der Waals surface area (Å²) in [5.74, 6) is 0. The minimum atomic E-state index is -3.75. The first-order valence-electron chi connectivity index (χ1n) is 8.89. The van der Waals surface area contributed by atoms with Gasteiger partial charge in [-0.2, -0.15) is 0 Å². The topological polar surface area (TPSA) is 105 Å². The first-order valence-corrected chi connectivity index (χ1v) is 10.4. The van der Waals surface area contributed by atoms with Crippen LogP contribution in [0.2, 0.25) is 0 Å². The van der Waals surface area contributed by atoms with E-state index in [1.807, 2.05) is 30.3 Å². The minimum absolute atomic E-state index is 0.00431. The molecule has 27 heavy (non-hydrogen) atoms. The lowest BCUT2D eigenvalue weighted by molar-refractivity contribution is 0.240. The van der Waals surface area contributed by atoms with Gasteiger partial charge in [0.25, 0.3) is 0 Å². The average Bonchev–Trinajstić information content (AvgIpc) is 3.15. The molecule has 1 atom stereocenters. The molecule has 2 aromatic rings. The van der Waals surface area contributed by atoms with Crippen molar-refractivity contribution in [3.8, 4) is 0 Å². The maximum Gasteiger partial charge on any atom is 0.319 e. The lowest BCUT2D eigenvalue weighted by Gasteiger charge is -2.25. The lowest BCUT2D eigenvalue weighted by Crippen LogP contribution is -2.39. The number of primary sulfonamides is 1. The van der Waals surface area contributed by atoms with Gasteiger partial charge in [0.2, 0.25) is 10.0 Å². The lowest BCUT2D eigenvalue weighted by atomic mass is 10.1. The van der Waals surface area contributed by atoms with Crippen LogP contribution in [-0.4, -0.2) is 39.0 Å². The molecule has 0 saturated carbocycles. The number of nitrogens with two attached hydrogens (primary N) is 1. The van der Waals surface area contributed by atoms with Crippen molar-refractivity contribution in [1.82, 2.24) is 10.2 Å². The Hall–Kier alpha value is -2.42. The Labute approximate surface area is 159 Å². The highest BCUT2D eigenvalue weighted by Gasteiger charge is 2.20. The SMILES string of the molecule is NS(=O)(=O)c1ccc(NC(=O)NC(CN2CCCC2)c2ccccc2)cc1. The fourth-order valence-electron chi connectivity index (χ4n) is 3.20. The number of nitrogens with zero attached hydrogens (tertiary/aromatic N) is 1. The van der Waals surface area contributed by atoms with Crippen molar-refractivity contribution in [3.05, 3.63) is 60.2 Å². The quantitative estimate of drug-likeness (QED) is 0.706. The van der Waals surface area contributed by atoms with E-state index in [0.29, 0.717) is 5.69 Å². The molecule has 0 spiro atoms. The van der Waals surface area contributed by atoms with Gasteiger partial charge in [-0.15, -0.1) is 0 Å². The summed E-state index contributed by atoms with van der Waals surface area (Å²) >= 11 is 0. The van der Waals surface area contributed by atoms with Gasteiger partial charge in [0, 0.05) is 12.2 Å². The predicted molar refractivity (Wildman–Crippen MR) is 105 cm³/mol. The third kappa shape index (κ3) is 5.53. The molecule has 1 aliphatic rings. The number of carbonyl (C=O) groups is 1. The standard InChI is InChI=1S/C19H24N4O3S/c20-27(25,26)17-10-8-16(9-11-17)21-19(24)22-18(14-23-12-4-5-13-23)15-6-2-1-3-7-15/h1-3,6-11,18H,4-5,12-14H2,(H2,20,25,26)(H2,21,22,24). The first-order chi connectivity index (χ1) is 12.9. The molecule has 2 aromatic carbocycles. The fraction of sp³-hybridized carbons (Fsp3) is 0.316. The zero-order valence-corrected chi connectivity index (χ0v) is 15.8. The summed E-state index contributed by atoms with van der Waals surface area (Å²) in [4.78, 5) is 14.8. The number of rotatable bonds is 6. The monoisotopic (exact) mass is 388 g/mol. The molecule has 0 aromatic heterocycles.